The van der Waals surface area contributed by atoms with E-state index in [0.29, 0.717) is 11.7 Å². The van der Waals surface area contributed by atoms with Gasteiger partial charge in [0.25, 0.3) is 0 Å². The zero-order valence-corrected chi connectivity index (χ0v) is 9.62. The van der Waals surface area contributed by atoms with E-state index in [4.69, 9.17) is 35.9 Å². The van der Waals surface area contributed by atoms with Gasteiger partial charge in [-0.05, 0) is 42.1 Å². The summed E-state index contributed by atoms with van der Waals surface area (Å²) in [6, 6.07) is 7.64. The largest absolute Gasteiger partial charge is 0.376 e. The van der Waals surface area contributed by atoms with Crippen molar-refractivity contribution >= 4 is 40.3 Å². The third-order valence-electron chi connectivity index (χ3n) is 1.69. The average Bonchev–Trinajstić information content (AvgIpc) is 2.16. The number of anilines is 1. The van der Waals surface area contributed by atoms with Gasteiger partial charge in [-0.1, -0.05) is 12.1 Å². The Labute approximate surface area is 99.0 Å². The molecule has 6 N–H and O–H groups in total. The SMILES string of the molecule is NC(=S)NCc1ccc(NC(N)=S)cc1. The molecule has 0 bridgehead atoms. The quantitative estimate of drug-likeness (QED) is 0.582. The van der Waals surface area contributed by atoms with E-state index < -0.39 is 0 Å². The van der Waals surface area contributed by atoms with Crippen LogP contribution in [0.4, 0.5) is 5.69 Å². The summed E-state index contributed by atoms with van der Waals surface area (Å²) >= 11 is 9.41. The Morgan fingerprint density at radius 1 is 1.07 bits per heavy atom. The minimum Gasteiger partial charge on any atom is -0.376 e. The molecule has 0 aliphatic carbocycles. The Bertz CT molecular complexity index is 361. The van der Waals surface area contributed by atoms with E-state index in [1.807, 2.05) is 24.3 Å². The van der Waals surface area contributed by atoms with Gasteiger partial charge < -0.3 is 22.1 Å². The molecule has 0 atom stereocenters. The first-order chi connectivity index (χ1) is 7.08. The van der Waals surface area contributed by atoms with E-state index in [1.54, 1.807) is 0 Å². The lowest BCUT2D eigenvalue weighted by Crippen LogP contribution is -2.28. The minimum absolute atomic E-state index is 0.254. The van der Waals surface area contributed by atoms with E-state index in [1.165, 1.54) is 0 Å². The molecule has 1 aromatic rings. The summed E-state index contributed by atoms with van der Waals surface area (Å²) in [6.45, 7) is 0.614. The molecular weight excluding hydrogens is 228 g/mol. The maximum absolute atomic E-state index is 5.34. The second kappa shape index (κ2) is 5.47. The summed E-state index contributed by atoms with van der Waals surface area (Å²) in [6.07, 6.45) is 0. The molecule has 0 fully saturated rings. The van der Waals surface area contributed by atoms with Gasteiger partial charge in [0.15, 0.2) is 10.2 Å². The van der Waals surface area contributed by atoms with Gasteiger partial charge in [0, 0.05) is 12.2 Å². The predicted molar refractivity (Wildman–Crippen MR) is 70.5 cm³/mol. The number of hydrogen-bond acceptors (Lipinski definition) is 2. The standard InChI is InChI=1S/C9H12N4S2/c10-8(14)12-5-6-1-3-7(4-2-6)13-9(11)15/h1-4H,5H2,(H3,10,12,14)(H3,11,13,15). The molecule has 0 heterocycles. The van der Waals surface area contributed by atoms with Gasteiger partial charge in [0.05, 0.1) is 0 Å². The van der Waals surface area contributed by atoms with Gasteiger partial charge in [-0.3, -0.25) is 0 Å². The Kier molecular flexibility index (Phi) is 4.26. The summed E-state index contributed by atoms with van der Waals surface area (Å²) < 4.78 is 0. The van der Waals surface area contributed by atoms with E-state index >= 15 is 0 Å². The number of nitrogens with two attached hydrogens (primary N) is 2. The van der Waals surface area contributed by atoms with Crippen molar-refractivity contribution in [3.8, 4) is 0 Å². The van der Waals surface area contributed by atoms with Crippen molar-refractivity contribution < 1.29 is 0 Å². The predicted octanol–water partition coefficient (Wildman–Crippen LogP) is 0.675. The zero-order chi connectivity index (χ0) is 11.3. The van der Waals surface area contributed by atoms with E-state index in [9.17, 15) is 0 Å². The highest BCUT2D eigenvalue weighted by atomic mass is 32.1. The highest BCUT2D eigenvalue weighted by Crippen LogP contribution is 2.08. The van der Waals surface area contributed by atoms with Crippen molar-refractivity contribution in [2.24, 2.45) is 11.5 Å². The van der Waals surface area contributed by atoms with Gasteiger partial charge >= 0.3 is 0 Å². The third-order valence-corrected chi connectivity index (χ3v) is 1.93. The van der Waals surface area contributed by atoms with Crippen LogP contribution in [0.1, 0.15) is 5.56 Å². The molecule has 0 unspecified atom stereocenters. The van der Waals surface area contributed by atoms with E-state index in [-0.39, 0.29) is 5.11 Å². The molecule has 0 aliphatic heterocycles. The normalized spacial score (nSPS) is 9.33. The fourth-order valence-corrected chi connectivity index (χ4v) is 1.23. The fourth-order valence-electron chi connectivity index (χ4n) is 1.04. The Hall–Kier alpha value is -1.40. The van der Waals surface area contributed by atoms with Crippen LogP contribution in [0.25, 0.3) is 0 Å². The zero-order valence-electron chi connectivity index (χ0n) is 7.99. The van der Waals surface area contributed by atoms with Crippen molar-refractivity contribution in [2.75, 3.05) is 5.32 Å². The van der Waals surface area contributed by atoms with Crippen LogP contribution in [-0.2, 0) is 6.54 Å². The van der Waals surface area contributed by atoms with Crippen molar-refractivity contribution in [3.63, 3.8) is 0 Å². The highest BCUT2D eigenvalue weighted by molar-refractivity contribution is 7.80. The summed E-state index contributed by atoms with van der Waals surface area (Å²) in [5.74, 6) is 0. The lowest BCUT2D eigenvalue weighted by Gasteiger charge is -2.06. The van der Waals surface area contributed by atoms with Crippen molar-refractivity contribution in [3.05, 3.63) is 29.8 Å². The second-order valence-corrected chi connectivity index (χ2v) is 3.78. The topological polar surface area (TPSA) is 76.1 Å². The van der Waals surface area contributed by atoms with Crippen molar-refractivity contribution in [1.29, 1.82) is 0 Å². The molecule has 1 aromatic carbocycles. The summed E-state index contributed by atoms with van der Waals surface area (Å²) in [5.41, 5.74) is 12.6. The molecule has 15 heavy (non-hydrogen) atoms. The van der Waals surface area contributed by atoms with Crippen LogP contribution in [0, 0.1) is 0 Å². The lowest BCUT2D eigenvalue weighted by atomic mass is 10.2. The van der Waals surface area contributed by atoms with Gasteiger partial charge in [0.1, 0.15) is 0 Å². The number of hydrogen-bond donors (Lipinski definition) is 4. The van der Waals surface area contributed by atoms with Crippen LogP contribution < -0.4 is 22.1 Å². The Morgan fingerprint density at radius 2 is 1.67 bits per heavy atom. The Balaban J connectivity index is 2.56. The van der Waals surface area contributed by atoms with Gasteiger partial charge in [-0.25, -0.2) is 0 Å². The van der Waals surface area contributed by atoms with Gasteiger partial charge in [-0.15, -0.1) is 0 Å². The molecular formula is C9H12N4S2. The second-order valence-electron chi connectivity index (χ2n) is 2.90. The first-order valence-electron chi connectivity index (χ1n) is 4.26. The summed E-state index contributed by atoms with van der Waals surface area (Å²) in [5, 5.41) is 6.24. The number of rotatable bonds is 3. The van der Waals surface area contributed by atoms with Crippen molar-refractivity contribution in [1.82, 2.24) is 5.32 Å². The van der Waals surface area contributed by atoms with Crippen molar-refractivity contribution in [2.45, 2.75) is 6.54 Å². The molecule has 0 saturated carbocycles. The molecule has 0 saturated heterocycles. The molecule has 0 radical (unpaired) electrons. The molecule has 0 spiro atoms. The van der Waals surface area contributed by atoms with Crippen LogP contribution in [0.5, 0.6) is 0 Å². The molecule has 1 rings (SSSR count). The van der Waals surface area contributed by atoms with E-state index in [2.05, 4.69) is 10.6 Å². The van der Waals surface area contributed by atoms with Crippen LogP contribution >= 0.6 is 24.4 Å². The van der Waals surface area contributed by atoms with Crippen LogP contribution in [0.2, 0.25) is 0 Å². The summed E-state index contributed by atoms with van der Waals surface area (Å²) in [4.78, 5) is 0. The van der Waals surface area contributed by atoms with Gasteiger partial charge in [-0.2, -0.15) is 0 Å². The molecule has 0 aliphatic rings. The molecule has 4 nitrogen and oxygen atoms in total. The smallest absolute Gasteiger partial charge is 0.168 e. The number of nitrogens with one attached hydrogen (secondary N) is 2. The number of thiocarbonyl (C=S) groups is 2. The van der Waals surface area contributed by atoms with Crippen LogP contribution in [0.15, 0.2) is 24.3 Å². The molecule has 80 valence electrons. The summed E-state index contributed by atoms with van der Waals surface area (Å²) in [7, 11) is 0. The maximum atomic E-state index is 5.34. The van der Waals surface area contributed by atoms with Crippen LogP contribution in [0.3, 0.4) is 0 Å². The number of benzene rings is 1. The van der Waals surface area contributed by atoms with Gasteiger partial charge in [0.2, 0.25) is 0 Å². The first kappa shape index (κ1) is 11.7. The maximum Gasteiger partial charge on any atom is 0.168 e. The monoisotopic (exact) mass is 240 g/mol. The first-order valence-corrected chi connectivity index (χ1v) is 5.08. The average molecular weight is 240 g/mol. The van der Waals surface area contributed by atoms with Crippen LogP contribution in [-0.4, -0.2) is 10.2 Å². The molecule has 0 aromatic heterocycles. The molecule has 0 amide bonds. The lowest BCUT2D eigenvalue weighted by molar-refractivity contribution is 0.920. The fraction of sp³-hybridized carbons (Fsp3) is 0.111. The molecule has 6 heteroatoms. The Morgan fingerprint density at radius 3 is 2.13 bits per heavy atom. The van der Waals surface area contributed by atoms with E-state index in [0.717, 1.165) is 11.3 Å². The third kappa shape index (κ3) is 4.57. The minimum atomic E-state index is 0.254. The highest BCUT2D eigenvalue weighted by Gasteiger charge is 1.95.